The van der Waals surface area contributed by atoms with Gasteiger partial charge in [0.2, 0.25) is 0 Å². The third-order valence-electron chi connectivity index (χ3n) is 7.45. The maximum absolute atomic E-state index is 13.1. The largest absolute Gasteiger partial charge is 0.486 e. The summed E-state index contributed by atoms with van der Waals surface area (Å²) >= 11 is 0. The fourth-order valence-electron chi connectivity index (χ4n) is 5.76. The molecular formula is C27H30N4O2. The summed E-state index contributed by atoms with van der Waals surface area (Å²) in [5.74, 6) is 2.95. The van der Waals surface area contributed by atoms with Crippen LogP contribution in [0.4, 0.5) is 11.6 Å². The van der Waals surface area contributed by atoms with Gasteiger partial charge >= 0.3 is 0 Å². The van der Waals surface area contributed by atoms with Crippen molar-refractivity contribution < 1.29 is 9.53 Å². The van der Waals surface area contributed by atoms with Crippen LogP contribution in [0.3, 0.4) is 0 Å². The second-order valence-corrected chi connectivity index (χ2v) is 9.88. The van der Waals surface area contributed by atoms with Crippen LogP contribution in [-0.4, -0.2) is 47.5 Å². The molecule has 0 amide bonds. The van der Waals surface area contributed by atoms with Gasteiger partial charge in [-0.05, 0) is 56.0 Å². The monoisotopic (exact) mass is 442 g/mol. The van der Waals surface area contributed by atoms with Gasteiger partial charge in [-0.1, -0.05) is 18.2 Å². The molecule has 0 N–H and O–H groups in total. The normalized spacial score (nSPS) is 19.8. The first-order valence-corrected chi connectivity index (χ1v) is 12.1. The summed E-state index contributed by atoms with van der Waals surface area (Å²) in [6.45, 7) is 7.74. The maximum atomic E-state index is 13.1. The van der Waals surface area contributed by atoms with Crippen LogP contribution < -0.4 is 14.5 Å². The van der Waals surface area contributed by atoms with Gasteiger partial charge in [-0.25, -0.2) is 9.97 Å². The number of aryl methyl sites for hydroxylation is 2. The molecular weight excluding hydrogens is 412 g/mol. The average Bonchev–Trinajstić information content (AvgIpc) is 3.33. The van der Waals surface area contributed by atoms with E-state index in [0.717, 1.165) is 84.1 Å². The Balaban J connectivity index is 1.30. The van der Waals surface area contributed by atoms with E-state index in [4.69, 9.17) is 14.7 Å². The fraction of sp³-hybridized carbons (Fsp3) is 0.444. The number of Topliss-reactive ketones (excluding diaryl/α,β-unsaturated/α-hetero) is 1. The minimum Gasteiger partial charge on any atom is -0.486 e. The van der Waals surface area contributed by atoms with E-state index in [1.54, 1.807) is 0 Å². The molecule has 0 radical (unpaired) electrons. The third-order valence-corrected chi connectivity index (χ3v) is 7.45. The highest BCUT2D eigenvalue weighted by Gasteiger charge is 2.44. The summed E-state index contributed by atoms with van der Waals surface area (Å²) in [6, 6.07) is 12.2. The third kappa shape index (κ3) is 3.52. The van der Waals surface area contributed by atoms with E-state index in [9.17, 15) is 4.79 Å². The summed E-state index contributed by atoms with van der Waals surface area (Å²) in [5, 5.41) is 0. The molecule has 6 rings (SSSR count). The minimum absolute atomic E-state index is 0.213. The molecule has 0 unspecified atom stereocenters. The lowest BCUT2D eigenvalue weighted by Crippen LogP contribution is -2.51. The van der Waals surface area contributed by atoms with Crippen molar-refractivity contribution in [3.63, 3.8) is 0 Å². The van der Waals surface area contributed by atoms with Gasteiger partial charge < -0.3 is 14.5 Å². The van der Waals surface area contributed by atoms with Gasteiger partial charge in [0.15, 0.2) is 17.4 Å². The molecule has 3 aromatic rings. The lowest BCUT2D eigenvalue weighted by molar-refractivity contribution is 0.0229. The average molecular weight is 443 g/mol. The number of fused-ring (bicyclic) bond motifs is 2. The Hall–Kier alpha value is -3.15. The van der Waals surface area contributed by atoms with Gasteiger partial charge in [0.05, 0.1) is 23.0 Å². The van der Waals surface area contributed by atoms with Crippen LogP contribution in [0.1, 0.15) is 53.6 Å². The van der Waals surface area contributed by atoms with Crippen LogP contribution in [0.5, 0.6) is 5.75 Å². The quantitative estimate of drug-likeness (QED) is 0.565. The zero-order valence-corrected chi connectivity index (χ0v) is 19.4. The van der Waals surface area contributed by atoms with Crippen LogP contribution in [0.25, 0.3) is 11.0 Å². The number of ketones is 1. The van der Waals surface area contributed by atoms with E-state index >= 15 is 0 Å². The predicted molar refractivity (Wildman–Crippen MR) is 131 cm³/mol. The van der Waals surface area contributed by atoms with Crippen molar-refractivity contribution in [1.82, 2.24) is 9.97 Å². The summed E-state index contributed by atoms with van der Waals surface area (Å²) in [5.41, 5.74) is 4.38. The molecule has 1 aromatic heterocycles. The predicted octanol–water partition coefficient (Wildman–Crippen LogP) is 4.85. The van der Waals surface area contributed by atoms with Crippen molar-refractivity contribution >= 4 is 28.5 Å². The lowest BCUT2D eigenvalue weighted by Gasteiger charge is -2.45. The van der Waals surface area contributed by atoms with Crippen LogP contribution >= 0.6 is 0 Å². The Morgan fingerprint density at radius 3 is 2.12 bits per heavy atom. The number of piperidine rings is 1. The molecule has 2 aromatic carbocycles. The molecule has 4 heterocycles. The highest BCUT2D eigenvalue weighted by atomic mass is 16.5. The van der Waals surface area contributed by atoms with Gasteiger partial charge in [0, 0.05) is 39.0 Å². The number of carbonyl (C=O) groups excluding carboxylic acids is 1. The smallest absolute Gasteiger partial charge is 0.172 e. The van der Waals surface area contributed by atoms with Gasteiger partial charge in [0.25, 0.3) is 0 Å². The molecule has 0 atom stereocenters. The zero-order valence-electron chi connectivity index (χ0n) is 19.4. The molecule has 3 aliphatic rings. The highest BCUT2D eigenvalue weighted by molar-refractivity contribution is 6.01. The molecule has 2 fully saturated rings. The molecule has 2 saturated heterocycles. The van der Waals surface area contributed by atoms with Crippen molar-refractivity contribution in [2.75, 3.05) is 36.0 Å². The number of ether oxygens (including phenoxy) is 1. The second-order valence-electron chi connectivity index (χ2n) is 9.88. The first-order chi connectivity index (χ1) is 16.0. The SMILES string of the molecule is Cc1cc(C)c2c(c1)OC1(CCN(c3nc4ccccc4nc3N3CCCC3)CC1)CC2=O. The Morgan fingerprint density at radius 1 is 0.879 bits per heavy atom. The fourth-order valence-corrected chi connectivity index (χ4v) is 5.76. The van der Waals surface area contributed by atoms with E-state index in [0.29, 0.717) is 6.42 Å². The molecule has 1 spiro atoms. The summed E-state index contributed by atoms with van der Waals surface area (Å²) in [7, 11) is 0. The lowest BCUT2D eigenvalue weighted by atomic mass is 9.81. The van der Waals surface area contributed by atoms with Crippen molar-refractivity contribution in [3.05, 3.63) is 53.1 Å². The van der Waals surface area contributed by atoms with Crippen molar-refractivity contribution in [3.8, 4) is 5.75 Å². The Bertz CT molecular complexity index is 1240. The first kappa shape index (κ1) is 20.5. The van der Waals surface area contributed by atoms with Crippen LogP contribution in [0.2, 0.25) is 0 Å². The number of para-hydroxylation sites is 2. The molecule has 0 saturated carbocycles. The number of benzene rings is 2. The highest BCUT2D eigenvalue weighted by Crippen LogP contribution is 2.42. The number of carbonyl (C=O) groups is 1. The zero-order chi connectivity index (χ0) is 22.6. The number of rotatable bonds is 2. The van der Waals surface area contributed by atoms with Gasteiger partial charge in [0.1, 0.15) is 11.4 Å². The molecule has 0 bridgehead atoms. The summed E-state index contributed by atoms with van der Waals surface area (Å²) in [6.07, 6.45) is 4.47. The topological polar surface area (TPSA) is 58.6 Å². The van der Waals surface area contributed by atoms with Gasteiger partial charge in [-0.3, -0.25) is 4.79 Å². The second kappa shape index (κ2) is 7.72. The van der Waals surface area contributed by atoms with E-state index in [2.05, 4.69) is 22.8 Å². The van der Waals surface area contributed by atoms with Crippen LogP contribution in [0, 0.1) is 13.8 Å². The molecule has 6 heteroatoms. The number of anilines is 2. The first-order valence-electron chi connectivity index (χ1n) is 12.1. The molecule has 33 heavy (non-hydrogen) atoms. The van der Waals surface area contributed by atoms with Crippen LogP contribution in [-0.2, 0) is 0 Å². The summed E-state index contributed by atoms with van der Waals surface area (Å²) < 4.78 is 6.58. The maximum Gasteiger partial charge on any atom is 0.172 e. The molecule has 3 aliphatic heterocycles. The van der Waals surface area contributed by atoms with Gasteiger partial charge in [-0.2, -0.15) is 0 Å². The summed E-state index contributed by atoms with van der Waals surface area (Å²) in [4.78, 5) is 27.9. The number of aromatic nitrogens is 2. The Kier molecular flexibility index (Phi) is 4.78. The number of hydrogen-bond donors (Lipinski definition) is 0. The van der Waals surface area contributed by atoms with E-state index < -0.39 is 5.60 Å². The molecule has 170 valence electrons. The van der Waals surface area contributed by atoms with Gasteiger partial charge in [-0.15, -0.1) is 0 Å². The van der Waals surface area contributed by atoms with Crippen molar-refractivity contribution in [1.29, 1.82) is 0 Å². The Morgan fingerprint density at radius 2 is 1.48 bits per heavy atom. The minimum atomic E-state index is -0.418. The molecule has 6 nitrogen and oxygen atoms in total. The molecule has 0 aliphatic carbocycles. The van der Waals surface area contributed by atoms with Crippen LogP contribution in [0.15, 0.2) is 36.4 Å². The van der Waals surface area contributed by atoms with Crippen molar-refractivity contribution in [2.24, 2.45) is 0 Å². The van der Waals surface area contributed by atoms with E-state index in [-0.39, 0.29) is 5.78 Å². The van der Waals surface area contributed by atoms with Crippen molar-refractivity contribution in [2.45, 2.75) is 51.6 Å². The standard InChI is InChI=1S/C27H30N4O2/c1-18-15-19(2)24-22(32)17-27(33-23(24)16-18)9-13-31(14-10-27)26-25(30-11-5-6-12-30)28-20-7-3-4-8-21(20)29-26/h3-4,7-8,15-16H,5-6,9-14,17H2,1-2H3. The van der Waals surface area contributed by atoms with E-state index in [1.165, 1.54) is 12.8 Å². The van der Waals surface area contributed by atoms with E-state index in [1.807, 2.05) is 37.3 Å². The Labute approximate surface area is 194 Å². The number of nitrogens with zero attached hydrogens (tertiary/aromatic N) is 4. The number of hydrogen-bond acceptors (Lipinski definition) is 6.